The highest BCUT2D eigenvalue weighted by Gasteiger charge is 2.12. The molecule has 0 aliphatic carbocycles. The summed E-state index contributed by atoms with van der Waals surface area (Å²) in [6, 6.07) is 4.15. The maximum atomic E-state index is 11.0. The Morgan fingerprint density at radius 2 is 1.79 bits per heavy atom. The zero-order valence-electron chi connectivity index (χ0n) is 11.1. The fourth-order valence-corrected chi connectivity index (χ4v) is 1.84. The lowest BCUT2D eigenvalue weighted by Gasteiger charge is -2.08. The standard InChI is InChI=1S/C9H9NO3.C5H11N/c1-5(11)8-4-6(10)2-3-7(8)9(12)13;1-2-4-6-5-3-1/h2-4H,10H2,1H3,(H,12,13);6H,1-5H2. The van der Waals surface area contributed by atoms with E-state index in [0.29, 0.717) is 5.69 Å². The van der Waals surface area contributed by atoms with Crippen molar-refractivity contribution in [2.75, 3.05) is 18.8 Å². The predicted molar refractivity (Wildman–Crippen MR) is 74.5 cm³/mol. The highest BCUT2D eigenvalue weighted by Crippen LogP contribution is 2.14. The van der Waals surface area contributed by atoms with E-state index in [-0.39, 0.29) is 16.9 Å². The fraction of sp³-hybridized carbons (Fsp3) is 0.429. The second kappa shape index (κ2) is 7.53. The van der Waals surface area contributed by atoms with Gasteiger partial charge in [-0.25, -0.2) is 4.79 Å². The van der Waals surface area contributed by atoms with Crippen LogP contribution in [-0.2, 0) is 0 Å². The molecular weight excluding hydrogens is 244 g/mol. The minimum absolute atomic E-state index is 0.0123. The van der Waals surface area contributed by atoms with Gasteiger partial charge in [0, 0.05) is 11.3 Å². The average molecular weight is 264 g/mol. The normalized spacial score (nSPS) is 14.2. The number of carboxylic acid groups (broad SMARTS) is 1. The lowest BCUT2D eigenvalue weighted by atomic mass is 10.0. The summed E-state index contributed by atoms with van der Waals surface area (Å²) in [5.41, 5.74) is 5.94. The number of hydrogen-bond donors (Lipinski definition) is 3. The molecule has 0 spiro atoms. The number of Topliss-reactive ketones (excluding diaryl/α,β-unsaturated/α-hetero) is 1. The molecule has 5 heteroatoms. The average Bonchev–Trinajstić information content (AvgIpc) is 2.41. The molecule has 0 amide bonds. The van der Waals surface area contributed by atoms with E-state index in [4.69, 9.17) is 10.8 Å². The van der Waals surface area contributed by atoms with E-state index in [1.165, 1.54) is 57.5 Å². The number of nitrogens with one attached hydrogen (secondary N) is 1. The Morgan fingerprint density at radius 3 is 2.16 bits per heavy atom. The first-order valence-corrected chi connectivity index (χ1v) is 6.37. The maximum absolute atomic E-state index is 11.0. The fourth-order valence-electron chi connectivity index (χ4n) is 1.84. The van der Waals surface area contributed by atoms with Crippen molar-refractivity contribution < 1.29 is 14.7 Å². The molecule has 1 fully saturated rings. The van der Waals surface area contributed by atoms with Gasteiger partial charge in [0.2, 0.25) is 0 Å². The molecule has 5 nitrogen and oxygen atoms in total. The predicted octanol–water partition coefficient (Wildman–Crippen LogP) is 1.93. The summed E-state index contributed by atoms with van der Waals surface area (Å²) in [4.78, 5) is 21.6. The molecule has 1 saturated heterocycles. The van der Waals surface area contributed by atoms with Crippen molar-refractivity contribution in [1.29, 1.82) is 0 Å². The van der Waals surface area contributed by atoms with Gasteiger partial charge in [0.25, 0.3) is 0 Å². The lowest BCUT2D eigenvalue weighted by molar-refractivity contribution is 0.0692. The van der Waals surface area contributed by atoms with Crippen LogP contribution in [0.1, 0.15) is 46.9 Å². The summed E-state index contributed by atoms with van der Waals surface area (Å²) in [7, 11) is 0. The van der Waals surface area contributed by atoms with Crippen molar-refractivity contribution in [3.8, 4) is 0 Å². The van der Waals surface area contributed by atoms with Crippen LogP contribution in [-0.4, -0.2) is 29.9 Å². The number of carbonyl (C=O) groups is 2. The third-order valence-corrected chi connectivity index (χ3v) is 2.86. The first-order chi connectivity index (χ1) is 9.02. The number of ketones is 1. The first-order valence-electron chi connectivity index (χ1n) is 6.37. The van der Waals surface area contributed by atoms with Gasteiger partial charge in [0.15, 0.2) is 5.78 Å². The summed E-state index contributed by atoms with van der Waals surface area (Å²) >= 11 is 0. The van der Waals surface area contributed by atoms with Crippen LogP contribution in [0.2, 0.25) is 0 Å². The number of nitrogen functional groups attached to an aromatic ring is 1. The summed E-state index contributed by atoms with van der Waals surface area (Å²) in [6.07, 6.45) is 4.22. The van der Waals surface area contributed by atoms with Gasteiger partial charge >= 0.3 is 5.97 Å². The van der Waals surface area contributed by atoms with Crippen LogP contribution in [0.5, 0.6) is 0 Å². The summed E-state index contributed by atoms with van der Waals surface area (Å²) in [5.74, 6) is -1.42. The Balaban J connectivity index is 0.000000250. The Labute approximate surface area is 112 Å². The van der Waals surface area contributed by atoms with Gasteiger partial charge in [-0.3, -0.25) is 4.79 Å². The summed E-state index contributed by atoms with van der Waals surface area (Å²) < 4.78 is 0. The Kier molecular flexibility index (Phi) is 6.02. The molecule has 0 bridgehead atoms. The van der Waals surface area contributed by atoms with Crippen LogP contribution in [0.4, 0.5) is 5.69 Å². The highest BCUT2D eigenvalue weighted by molar-refractivity contribution is 6.05. The van der Waals surface area contributed by atoms with Crippen LogP contribution in [0.15, 0.2) is 18.2 Å². The van der Waals surface area contributed by atoms with Crippen molar-refractivity contribution in [3.05, 3.63) is 29.3 Å². The van der Waals surface area contributed by atoms with Crippen molar-refractivity contribution in [2.24, 2.45) is 0 Å². The Morgan fingerprint density at radius 1 is 1.16 bits per heavy atom. The number of hydrogen-bond acceptors (Lipinski definition) is 4. The van der Waals surface area contributed by atoms with Gasteiger partial charge < -0.3 is 16.2 Å². The van der Waals surface area contributed by atoms with Gasteiger partial charge in [-0.05, 0) is 51.1 Å². The van der Waals surface area contributed by atoms with Crippen molar-refractivity contribution in [1.82, 2.24) is 5.32 Å². The van der Waals surface area contributed by atoms with Crippen LogP contribution in [0.25, 0.3) is 0 Å². The number of nitrogens with two attached hydrogens (primary N) is 1. The molecule has 0 aromatic heterocycles. The van der Waals surface area contributed by atoms with Crippen molar-refractivity contribution >= 4 is 17.4 Å². The molecule has 19 heavy (non-hydrogen) atoms. The minimum Gasteiger partial charge on any atom is -0.478 e. The maximum Gasteiger partial charge on any atom is 0.336 e. The zero-order valence-corrected chi connectivity index (χ0v) is 11.1. The van der Waals surface area contributed by atoms with Gasteiger partial charge in [-0.15, -0.1) is 0 Å². The summed E-state index contributed by atoms with van der Waals surface area (Å²) in [6.45, 7) is 3.81. The number of piperidine rings is 1. The molecule has 0 radical (unpaired) electrons. The first kappa shape index (κ1) is 15.2. The summed E-state index contributed by atoms with van der Waals surface area (Å²) in [5, 5.41) is 12.0. The number of carboxylic acids is 1. The Bertz CT molecular complexity index is 442. The topological polar surface area (TPSA) is 92.4 Å². The van der Waals surface area contributed by atoms with Crippen molar-refractivity contribution in [2.45, 2.75) is 26.2 Å². The molecule has 1 aromatic rings. The number of carbonyl (C=O) groups excluding carboxylic acids is 1. The second-order valence-electron chi connectivity index (χ2n) is 4.48. The molecule has 104 valence electrons. The second-order valence-corrected chi connectivity index (χ2v) is 4.48. The zero-order chi connectivity index (χ0) is 14.3. The van der Waals surface area contributed by atoms with E-state index < -0.39 is 5.97 Å². The van der Waals surface area contributed by atoms with Crippen molar-refractivity contribution in [3.63, 3.8) is 0 Å². The number of benzene rings is 1. The van der Waals surface area contributed by atoms with Crippen LogP contribution < -0.4 is 11.1 Å². The van der Waals surface area contributed by atoms with Crippen LogP contribution in [0.3, 0.4) is 0 Å². The SMILES string of the molecule is C1CCNCC1.CC(=O)c1cc(N)ccc1C(=O)O. The molecule has 0 atom stereocenters. The largest absolute Gasteiger partial charge is 0.478 e. The number of aromatic carboxylic acids is 1. The van der Waals surface area contributed by atoms with E-state index in [1.807, 2.05) is 0 Å². The third-order valence-electron chi connectivity index (χ3n) is 2.86. The van der Waals surface area contributed by atoms with E-state index in [0.717, 1.165) is 0 Å². The van der Waals surface area contributed by atoms with Gasteiger partial charge in [-0.2, -0.15) is 0 Å². The smallest absolute Gasteiger partial charge is 0.336 e. The minimum atomic E-state index is -1.12. The van der Waals surface area contributed by atoms with Crippen LogP contribution >= 0.6 is 0 Å². The van der Waals surface area contributed by atoms with E-state index >= 15 is 0 Å². The molecule has 0 unspecified atom stereocenters. The van der Waals surface area contributed by atoms with Gasteiger partial charge in [-0.1, -0.05) is 6.42 Å². The molecule has 0 saturated carbocycles. The highest BCUT2D eigenvalue weighted by atomic mass is 16.4. The quantitative estimate of drug-likeness (QED) is 0.560. The number of rotatable bonds is 2. The third kappa shape index (κ3) is 5.09. The molecule has 1 heterocycles. The molecule has 1 aromatic carbocycles. The molecular formula is C14H20N2O3. The molecule has 1 aliphatic heterocycles. The lowest BCUT2D eigenvalue weighted by Crippen LogP contribution is -2.21. The monoisotopic (exact) mass is 264 g/mol. The molecule has 2 rings (SSSR count). The van der Waals surface area contributed by atoms with Gasteiger partial charge in [0.1, 0.15) is 0 Å². The molecule has 1 aliphatic rings. The van der Waals surface area contributed by atoms with Crippen LogP contribution in [0, 0.1) is 0 Å². The Hall–Kier alpha value is -1.88. The van der Waals surface area contributed by atoms with E-state index in [9.17, 15) is 9.59 Å². The van der Waals surface area contributed by atoms with E-state index in [2.05, 4.69) is 5.32 Å². The number of anilines is 1. The molecule has 4 N–H and O–H groups in total. The van der Waals surface area contributed by atoms with E-state index in [1.54, 1.807) is 0 Å². The van der Waals surface area contributed by atoms with Gasteiger partial charge in [0.05, 0.1) is 5.56 Å².